The van der Waals surface area contributed by atoms with Crippen LogP contribution >= 0.6 is 11.8 Å². The van der Waals surface area contributed by atoms with E-state index in [1.165, 1.54) is 43.9 Å². The van der Waals surface area contributed by atoms with E-state index in [9.17, 15) is 0 Å². The molecule has 0 amide bonds. The van der Waals surface area contributed by atoms with Crippen molar-refractivity contribution in [2.24, 2.45) is 11.3 Å². The van der Waals surface area contributed by atoms with Crippen LogP contribution in [0.15, 0.2) is 0 Å². The van der Waals surface area contributed by atoms with Crippen LogP contribution in [0.25, 0.3) is 0 Å². The summed E-state index contributed by atoms with van der Waals surface area (Å²) in [5, 5.41) is 3.61. The Hall–Kier alpha value is 0.310. The molecule has 0 bridgehead atoms. The summed E-state index contributed by atoms with van der Waals surface area (Å²) in [5.41, 5.74) is 0.705. The maximum atomic E-state index is 3.61. The van der Waals surface area contributed by atoms with E-state index in [2.05, 4.69) is 37.8 Å². The van der Waals surface area contributed by atoms with Gasteiger partial charge in [-0.2, -0.15) is 11.8 Å². The van der Waals surface area contributed by atoms with E-state index in [0.717, 1.165) is 5.92 Å². The van der Waals surface area contributed by atoms with Gasteiger partial charge in [-0.15, -0.1) is 0 Å². The van der Waals surface area contributed by atoms with Gasteiger partial charge in [-0.05, 0) is 48.6 Å². The molecule has 0 radical (unpaired) electrons. The van der Waals surface area contributed by atoms with Crippen LogP contribution in [0.4, 0.5) is 0 Å². The summed E-state index contributed by atoms with van der Waals surface area (Å²) in [6.45, 7) is 9.25. The molecule has 0 heterocycles. The van der Waals surface area contributed by atoms with Gasteiger partial charge in [0.2, 0.25) is 0 Å². The molecule has 1 saturated carbocycles. The second-order valence-corrected chi connectivity index (χ2v) is 6.37. The summed E-state index contributed by atoms with van der Waals surface area (Å²) in [6, 6.07) is 0. The smallest absolute Gasteiger partial charge is 0.000822 e. The molecule has 0 unspecified atom stereocenters. The highest BCUT2D eigenvalue weighted by molar-refractivity contribution is 7.99. The third-order valence-corrected chi connectivity index (χ3v) is 3.89. The third kappa shape index (κ3) is 4.70. The minimum Gasteiger partial charge on any atom is -0.316 e. The van der Waals surface area contributed by atoms with Crippen LogP contribution in [-0.4, -0.2) is 24.6 Å². The molecule has 1 N–H and O–H groups in total. The summed E-state index contributed by atoms with van der Waals surface area (Å²) in [5.74, 6) is 3.42. The molecule has 0 spiro atoms. The lowest BCUT2D eigenvalue weighted by molar-refractivity contribution is 0.426. The van der Waals surface area contributed by atoms with Crippen LogP contribution in [0, 0.1) is 11.3 Å². The van der Waals surface area contributed by atoms with Crippen LogP contribution in [-0.2, 0) is 0 Å². The van der Waals surface area contributed by atoms with Crippen molar-refractivity contribution < 1.29 is 0 Å². The molecule has 0 saturated heterocycles. The van der Waals surface area contributed by atoms with Gasteiger partial charge >= 0.3 is 0 Å². The maximum absolute atomic E-state index is 3.61. The van der Waals surface area contributed by atoms with Crippen molar-refractivity contribution in [2.75, 3.05) is 24.6 Å². The van der Waals surface area contributed by atoms with E-state index in [1.807, 2.05) is 0 Å². The van der Waals surface area contributed by atoms with Crippen LogP contribution in [0.1, 0.15) is 40.0 Å². The Kier molecular flexibility index (Phi) is 5.32. The van der Waals surface area contributed by atoms with Gasteiger partial charge < -0.3 is 5.32 Å². The van der Waals surface area contributed by atoms with Crippen LogP contribution in [0.2, 0.25) is 0 Å². The van der Waals surface area contributed by atoms with E-state index < -0.39 is 0 Å². The largest absolute Gasteiger partial charge is 0.316 e. The van der Waals surface area contributed by atoms with Crippen molar-refractivity contribution in [1.82, 2.24) is 5.32 Å². The molecule has 84 valence electrons. The van der Waals surface area contributed by atoms with E-state index in [-0.39, 0.29) is 0 Å². The minimum atomic E-state index is 0.705. The highest BCUT2D eigenvalue weighted by atomic mass is 32.2. The molecule has 1 rings (SSSR count). The van der Waals surface area contributed by atoms with Gasteiger partial charge in [-0.1, -0.05) is 20.8 Å². The van der Waals surface area contributed by atoms with Gasteiger partial charge in [0.15, 0.2) is 0 Å². The van der Waals surface area contributed by atoms with Gasteiger partial charge in [0.1, 0.15) is 0 Å². The molecule has 14 heavy (non-hydrogen) atoms. The fraction of sp³-hybridized carbons (Fsp3) is 1.00. The summed E-state index contributed by atoms with van der Waals surface area (Å²) in [7, 11) is 0. The van der Waals surface area contributed by atoms with Crippen LogP contribution in [0.3, 0.4) is 0 Å². The maximum Gasteiger partial charge on any atom is 0.000822 e. The number of thioether (sulfide) groups is 1. The Morgan fingerprint density at radius 2 is 2.07 bits per heavy atom. The predicted molar refractivity (Wildman–Crippen MR) is 67.0 cm³/mol. The first kappa shape index (κ1) is 12.4. The monoisotopic (exact) mass is 215 g/mol. The first-order valence-corrected chi connectivity index (χ1v) is 7.12. The lowest BCUT2D eigenvalue weighted by Gasteiger charge is -2.16. The standard InChI is InChI=1S/C12H25NS/c1-4-14-8-7-12(5-6-12)10-13-9-11(2)3/h11,13H,4-10H2,1-3H3. The average Bonchev–Trinajstić information content (AvgIpc) is 2.85. The van der Waals surface area contributed by atoms with Gasteiger partial charge in [-0.3, -0.25) is 0 Å². The minimum absolute atomic E-state index is 0.705. The second kappa shape index (κ2) is 6.02. The zero-order valence-corrected chi connectivity index (χ0v) is 10.8. The molecule has 1 nitrogen and oxygen atoms in total. The van der Waals surface area contributed by atoms with Crippen LogP contribution in [0.5, 0.6) is 0 Å². The fourth-order valence-electron chi connectivity index (χ4n) is 1.75. The van der Waals surface area contributed by atoms with Crippen molar-refractivity contribution >= 4 is 11.8 Å². The lowest BCUT2D eigenvalue weighted by Crippen LogP contribution is -2.27. The molecule has 1 aliphatic carbocycles. The molecule has 0 aromatic carbocycles. The molecule has 0 atom stereocenters. The first-order chi connectivity index (χ1) is 6.68. The highest BCUT2D eigenvalue weighted by Crippen LogP contribution is 2.48. The van der Waals surface area contributed by atoms with Crippen molar-refractivity contribution in [2.45, 2.75) is 40.0 Å². The van der Waals surface area contributed by atoms with E-state index >= 15 is 0 Å². The van der Waals surface area contributed by atoms with Crippen molar-refractivity contribution in [3.8, 4) is 0 Å². The number of hydrogen-bond acceptors (Lipinski definition) is 2. The van der Waals surface area contributed by atoms with Gasteiger partial charge in [-0.25, -0.2) is 0 Å². The normalized spacial score (nSPS) is 18.9. The molecule has 1 fully saturated rings. The Morgan fingerprint density at radius 1 is 1.36 bits per heavy atom. The zero-order chi connectivity index (χ0) is 10.4. The Morgan fingerprint density at radius 3 is 2.57 bits per heavy atom. The molecule has 1 aliphatic rings. The Bertz CT molecular complexity index is 152. The van der Waals surface area contributed by atoms with E-state index in [0.29, 0.717) is 5.41 Å². The highest BCUT2D eigenvalue weighted by Gasteiger charge is 2.41. The summed E-state index contributed by atoms with van der Waals surface area (Å²) in [6.07, 6.45) is 4.35. The quantitative estimate of drug-likeness (QED) is 0.624. The summed E-state index contributed by atoms with van der Waals surface area (Å²) >= 11 is 2.09. The topological polar surface area (TPSA) is 12.0 Å². The molecular formula is C12H25NS. The lowest BCUT2D eigenvalue weighted by atomic mass is 10.0. The van der Waals surface area contributed by atoms with Gasteiger partial charge in [0.05, 0.1) is 0 Å². The average molecular weight is 215 g/mol. The van der Waals surface area contributed by atoms with Crippen molar-refractivity contribution in [1.29, 1.82) is 0 Å². The fourth-order valence-corrected chi connectivity index (χ4v) is 2.62. The molecule has 0 aliphatic heterocycles. The SMILES string of the molecule is CCSCCC1(CNCC(C)C)CC1. The predicted octanol–water partition coefficient (Wildman–Crippen LogP) is 3.16. The third-order valence-electron chi connectivity index (χ3n) is 2.99. The Labute approximate surface area is 93.4 Å². The number of rotatable bonds is 8. The summed E-state index contributed by atoms with van der Waals surface area (Å²) < 4.78 is 0. The molecule has 0 aromatic heterocycles. The van der Waals surface area contributed by atoms with E-state index in [4.69, 9.17) is 0 Å². The molecular weight excluding hydrogens is 190 g/mol. The molecule has 2 heteroatoms. The number of nitrogens with one attached hydrogen (secondary N) is 1. The Balaban J connectivity index is 2.03. The first-order valence-electron chi connectivity index (χ1n) is 5.97. The van der Waals surface area contributed by atoms with Gasteiger partial charge in [0.25, 0.3) is 0 Å². The second-order valence-electron chi connectivity index (χ2n) is 4.97. The van der Waals surface area contributed by atoms with Crippen molar-refractivity contribution in [3.05, 3.63) is 0 Å². The van der Waals surface area contributed by atoms with E-state index in [1.54, 1.807) is 0 Å². The van der Waals surface area contributed by atoms with Gasteiger partial charge in [0, 0.05) is 6.54 Å². The number of hydrogen-bond donors (Lipinski definition) is 1. The summed E-state index contributed by atoms with van der Waals surface area (Å²) in [4.78, 5) is 0. The van der Waals surface area contributed by atoms with Crippen molar-refractivity contribution in [3.63, 3.8) is 0 Å². The zero-order valence-electron chi connectivity index (χ0n) is 9.94. The van der Waals surface area contributed by atoms with Crippen LogP contribution < -0.4 is 5.32 Å². The molecule has 0 aromatic rings.